The zero-order valence-electron chi connectivity index (χ0n) is 12.7. The second kappa shape index (κ2) is 8.15. The molecule has 0 heterocycles. The molecule has 0 aliphatic rings. The summed E-state index contributed by atoms with van der Waals surface area (Å²) in [4.78, 5) is 22.6. The minimum absolute atomic E-state index is 0.112. The largest absolute Gasteiger partial charge is 0.480 e. The summed E-state index contributed by atoms with van der Waals surface area (Å²) >= 11 is 0. The van der Waals surface area contributed by atoms with Gasteiger partial charge < -0.3 is 15.2 Å². The van der Waals surface area contributed by atoms with Crippen LogP contribution in [0.5, 0.6) is 0 Å². The Bertz CT molecular complexity index is 296. The summed E-state index contributed by atoms with van der Waals surface area (Å²) in [5, 5.41) is 11.1. The van der Waals surface area contributed by atoms with Crippen molar-refractivity contribution in [1.82, 2.24) is 5.32 Å². The maximum atomic E-state index is 12.1. The van der Waals surface area contributed by atoms with Crippen LogP contribution in [-0.4, -0.2) is 37.2 Å². The Morgan fingerprint density at radius 3 is 2.37 bits per heavy atom. The van der Waals surface area contributed by atoms with E-state index in [9.17, 15) is 9.59 Å². The standard InChI is InChI=1S/C14H27NO4/c1-6-7-11(9-19-5)10(2)14(3,4)13(18)15-8-12(16)17/h10-11H,6-9H2,1-5H3,(H,15,18)(H,16,17). The van der Waals surface area contributed by atoms with Crippen LogP contribution >= 0.6 is 0 Å². The number of hydrogen-bond acceptors (Lipinski definition) is 3. The van der Waals surface area contributed by atoms with Gasteiger partial charge in [0.1, 0.15) is 6.54 Å². The van der Waals surface area contributed by atoms with Crippen LogP contribution < -0.4 is 5.32 Å². The number of rotatable bonds is 9. The van der Waals surface area contributed by atoms with Crippen molar-refractivity contribution in [2.24, 2.45) is 17.3 Å². The second-order valence-electron chi connectivity index (χ2n) is 5.59. The maximum Gasteiger partial charge on any atom is 0.322 e. The first-order valence-corrected chi connectivity index (χ1v) is 6.76. The monoisotopic (exact) mass is 273 g/mol. The third kappa shape index (κ3) is 5.59. The molecule has 2 atom stereocenters. The summed E-state index contributed by atoms with van der Waals surface area (Å²) < 4.78 is 5.22. The van der Waals surface area contributed by atoms with Crippen LogP contribution in [0.2, 0.25) is 0 Å². The lowest BCUT2D eigenvalue weighted by Gasteiger charge is -2.35. The summed E-state index contributed by atoms with van der Waals surface area (Å²) in [6.07, 6.45) is 2.02. The van der Waals surface area contributed by atoms with E-state index in [1.54, 1.807) is 7.11 Å². The van der Waals surface area contributed by atoms with E-state index in [0.717, 1.165) is 12.8 Å². The first-order valence-electron chi connectivity index (χ1n) is 6.76. The van der Waals surface area contributed by atoms with Gasteiger partial charge in [0.2, 0.25) is 5.91 Å². The molecule has 2 N–H and O–H groups in total. The fourth-order valence-corrected chi connectivity index (χ4v) is 2.24. The topological polar surface area (TPSA) is 75.6 Å². The quantitative estimate of drug-likeness (QED) is 0.673. The van der Waals surface area contributed by atoms with E-state index in [0.29, 0.717) is 12.5 Å². The number of methoxy groups -OCH3 is 1. The van der Waals surface area contributed by atoms with Crippen LogP contribution in [0, 0.1) is 17.3 Å². The molecule has 112 valence electrons. The van der Waals surface area contributed by atoms with E-state index in [2.05, 4.69) is 12.2 Å². The number of amides is 1. The van der Waals surface area contributed by atoms with Gasteiger partial charge >= 0.3 is 5.97 Å². The molecular weight excluding hydrogens is 246 g/mol. The molecule has 0 bridgehead atoms. The number of hydrogen-bond donors (Lipinski definition) is 2. The van der Waals surface area contributed by atoms with Gasteiger partial charge in [-0.15, -0.1) is 0 Å². The molecule has 0 saturated carbocycles. The fourth-order valence-electron chi connectivity index (χ4n) is 2.24. The van der Waals surface area contributed by atoms with Gasteiger partial charge in [0.05, 0.1) is 0 Å². The number of carboxylic acids is 1. The van der Waals surface area contributed by atoms with Crippen LogP contribution in [0.25, 0.3) is 0 Å². The Balaban J connectivity index is 4.73. The Morgan fingerprint density at radius 2 is 1.95 bits per heavy atom. The molecule has 0 aliphatic heterocycles. The number of carbonyl (C=O) groups is 2. The first-order chi connectivity index (χ1) is 8.77. The third-order valence-corrected chi connectivity index (χ3v) is 3.87. The highest BCUT2D eigenvalue weighted by molar-refractivity contribution is 5.85. The minimum Gasteiger partial charge on any atom is -0.480 e. The molecule has 0 aliphatic carbocycles. The zero-order chi connectivity index (χ0) is 15.1. The predicted octanol–water partition coefficient (Wildman–Crippen LogP) is 1.91. The Kier molecular flexibility index (Phi) is 7.68. The van der Waals surface area contributed by atoms with Crippen LogP contribution in [0.15, 0.2) is 0 Å². The van der Waals surface area contributed by atoms with Crippen molar-refractivity contribution in [3.8, 4) is 0 Å². The van der Waals surface area contributed by atoms with Crippen LogP contribution in [0.4, 0.5) is 0 Å². The predicted molar refractivity (Wildman–Crippen MR) is 73.9 cm³/mol. The summed E-state index contributed by atoms with van der Waals surface area (Å²) in [7, 11) is 1.66. The molecular formula is C14H27NO4. The summed E-state index contributed by atoms with van der Waals surface area (Å²) in [6, 6.07) is 0. The molecule has 0 aromatic heterocycles. The van der Waals surface area contributed by atoms with E-state index in [1.807, 2.05) is 20.8 Å². The number of ether oxygens (including phenoxy) is 1. The lowest BCUT2D eigenvalue weighted by molar-refractivity contribution is -0.141. The second-order valence-corrected chi connectivity index (χ2v) is 5.59. The van der Waals surface area contributed by atoms with Crippen LogP contribution in [0.3, 0.4) is 0 Å². The summed E-state index contributed by atoms with van der Waals surface area (Å²) in [6.45, 7) is 8.12. The molecule has 0 radical (unpaired) electrons. The number of carbonyl (C=O) groups excluding carboxylic acids is 1. The van der Waals surface area contributed by atoms with Gasteiger partial charge in [-0.2, -0.15) is 0 Å². The molecule has 0 spiro atoms. The van der Waals surface area contributed by atoms with E-state index in [-0.39, 0.29) is 18.4 Å². The average Bonchev–Trinajstić information content (AvgIpc) is 2.34. The minimum atomic E-state index is -1.03. The lowest BCUT2D eigenvalue weighted by Crippen LogP contribution is -2.45. The molecule has 5 heteroatoms. The van der Waals surface area contributed by atoms with Crippen molar-refractivity contribution >= 4 is 11.9 Å². The first kappa shape index (κ1) is 17.9. The normalized spacial score (nSPS) is 14.8. The molecule has 0 fully saturated rings. The van der Waals surface area contributed by atoms with Crippen LogP contribution in [-0.2, 0) is 14.3 Å². The molecule has 2 unspecified atom stereocenters. The van der Waals surface area contributed by atoms with Crippen molar-refractivity contribution in [3.63, 3.8) is 0 Å². The van der Waals surface area contributed by atoms with Crippen molar-refractivity contribution in [3.05, 3.63) is 0 Å². The van der Waals surface area contributed by atoms with E-state index >= 15 is 0 Å². The maximum absolute atomic E-state index is 12.1. The van der Waals surface area contributed by atoms with Gasteiger partial charge in [-0.1, -0.05) is 34.1 Å². The van der Waals surface area contributed by atoms with E-state index in [4.69, 9.17) is 9.84 Å². The average molecular weight is 273 g/mol. The molecule has 0 rings (SSSR count). The van der Waals surface area contributed by atoms with Crippen molar-refractivity contribution < 1.29 is 19.4 Å². The molecule has 0 saturated heterocycles. The fraction of sp³-hybridized carbons (Fsp3) is 0.857. The SMILES string of the molecule is CCCC(COC)C(C)C(C)(C)C(=O)NCC(=O)O. The van der Waals surface area contributed by atoms with Gasteiger partial charge in [-0.25, -0.2) is 0 Å². The van der Waals surface area contributed by atoms with E-state index in [1.165, 1.54) is 0 Å². The molecule has 19 heavy (non-hydrogen) atoms. The number of nitrogens with one attached hydrogen (secondary N) is 1. The Hall–Kier alpha value is -1.10. The molecule has 5 nitrogen and oxygen atoms in total. The summed E-state index contributed by atoms with van der Waals surface area (Å²) in [5.41, 5.74) is -0.617. The van der Waals surface area contributed by atoms with Gasteiger partial charge in [0.25, 0.3) is 0 Å². The molecule has 1 amide bonds. The van der Waals surface area contributed by atoms with E-state index < -0.39 is 11.4 Å². The van der Waals surface area contributed by atoms with Crippen molar-refractivity contribution in [1.29, 1.82) is 0 Å². The van der Waals surface area contributed by atoms with Crippen molar-refractivity contribution in [2.45, 2.75) is 40.5 Å². The van der Waals surface area contributed by atoms with Gasteiger partial charge in [0.15, 0.2) is 0 Å². The highest BCUT2D eigenvalue weighted by atomic mass is 16.5. The van der Waals surface area contributed by atoms with Gasteiger partial charge in [-0.3, -0.25) is 9.59 Å². The molecule has 0 aromatic carbocycles. The van der Waals surface area contributed by atoms with Gasteiger partial charge in [-0.05, 0) is 18.3 Å². The smallest absolute Gasteiger partial charge is 0.322 e. The Labute approximate surface area is 115 Å². The number of aliphatic carboxylic acids is 1. The summed E-state index contributed by atoms with van der Waals surface area (Å²) in [5.74, 6) is -0.847. The highest BCUT2D eigenvalue weighted by Gasteiger charge is 2.38. The van der Waals surface area contributed by atoms with Crippen molar-refractivity contribution in [2.75, 3.05) is 20.3 Å². The van der Waals surface area contributed by atoms with Crippen LogP contribution in [0.1, 0.15) is 40.5 Å². The molecule has 0 aromatic rings. The number of carboxylic acid groups (broad SMARTS) is 1. The Morgan fingerprint density at radius 1 is 1.37 bits per heavy atom. The third-order valence-electron chi connectivity index (χ3n) is 3.87. The lowest BCUT2D eigenvalue weighted by atomic mass is 9.71. The van der Waals surface area contributed by atoms with Gasteiger partial charge in [0, 0.05) is 19.1 Å². The zero-order valence-corrected chi connectivity index (χ0v) is 12.7. The highest BCUT2D eigenvalue weighted by Crippen LogP contribution is 2.35.